The number of hydrogen-bond donors (Lipinski definition) is 1. The van der Waals surface area contributed by atoms with E-state index in [4.69, 9.17) is 15.7 Å². The summed E-state index contributed by atoms with van der Waals surface area (Å²) < 4.78 is 19.1. The highest BCUT2D eigenvalue weighted by molar-refractivity contribution is 5.38. The van der Waals surface area contributed by atoms with Crippen molar-refractivity contribution in [1.82, 2.24) is 4.98 Å². The average molecular weight is 271 g/mol. The molecule has 2 aromatic rings. The standard InChI is InChI=1S/C15H14FN3O/c1-2-13(18)14-5-4-11(9-19-14)20-15-6-3-10(8-17)7-12(15)16/h3-7,9,13H,2,18H2,1H3. The van der Waals surface area contributed by atoms with Gasteiger partial charge in [-0.1, -0.05) is 6.92 Å². The molecule has 1 aromatic carbocycles. The van der Waals surface area contributed by atoms with Gasteiger partial charge in [-0.3, -0.25) is 4.98 Å². The van der Waals surface area contributed by atoms with Gasteiger partial charge in [-0.2, -0.15) is 5.26 Å². The Labute approximate surface area is 116 Å². The molecule has 5 heteroatoms. The second-order valence-corrected chi connectivity index (χ2v) is 4.29. The molecule has 0 aliphatic carbocycles. The zero-order valence-corrected chi connectivity index (χ0v) is 11.0. The molecule has 0 amide bonds. The van der Waals surface area contributed by atoms with Crippen molar-refractivity contribution in [1.29, 1.82) is 5.26 Å². The fraction of sp³-hybridized carbons (Fsp3) is 0.200. The van der Waals surface area contributed by atoms with E-state index in [1.165, 1.54) is 18.3 Å². The van der Waals surface area contributed by atoms with Gasteiger partial charge in [-0.05, 0) is 36.8 Å². The number of nitrogens with zero attached hydrogens (tertiary/aromatic N) is 2. The number of nitrogens with two attached hydrogens (primary N) is 1. The van der Waals surface area contributed by atoms with Crippen LogP contribution in [0.25, 0.3) is 0 Å². The van der Waals surface area contributed by atoms with E-state index >= 15 is 0 Å². The van der Waals surface area contributed by atoms with Crippen molar-refractivity contribution < 1.29 is 9.13 Å². The number of halogens is 1. The Balaban J connectivity index is 2.16. The summed E-state index contributed by atoms with van der Waals surface area (Å²) in [6, 6.07) is 9.23. The normalized spacial score (nSPS) is 11.7. The first kappa shape index (κ1) is 14.0. The van der Waals surface area contributed by atoms with Crippen LogP contribution in [0, 0.1) is 17.1 Å². The molecule has 0 aliphatic rings. The molecule has 4 nitrogen and oxygen atoms in total. The van der Waals surface area contributed by atoms with Crippen LogP contribution in [0.5, 0.6) is 11.5 Å². The summed E-state index contributed by atoms with van der Waals surface area (Å²) in [6.45, 7) is 1.98. The van der Waals surface area contributed by atoms with Crippen LogP contribution >= 0.6 is 0 Å². The van der Waals surface area contributed by atoms with Crippen LogP contribution in [0.15, 0.2) is 36.5 Å². The topological polar surface area (TPSA) is 71.9 Å². The van der Waals surface area contributed by atoms with Crippen LogP contribution in [0.2, 0.25) is 0 Å². The van der Waals surface area contributed by atoms with Gasteiger partial charge in [0.15, 0.2) is 11.6 Å². The summed E-state index contributed by atoms with van der Waals surface area (Å²) in [5.41, 5.74) is 6.87. The van der Waals surface area contributed by atoms with Crippen molar-refractivity contribution in [3.63, 3.8) is 0 Å². The first-order chi connectivity index (χ1) is 9.63. The Morgan fingerprint density at radius 2 is 2.20 bits per heavy atom. The first-order valence-corrected chi connectivity index (χ1v) is 6.23. The third-order valence-corrected chi connectivity index (χ3v) is 2.87. The van der Waals surface area contributed by atoms with Gasteiger partial charge in [0.1, 0.15) is 5.75 Å². The Morgan fingerprint density at radius 1 is 1.40 bits per heavy atom. The lowest BCUT2D eigenvalue weighted by atomic mass is 10.1. The largest absolute Gasteiger partial charge is 0.453 e. The second-order valence-electron chi connectivity index (χ2n) is 4.29. The Morgan fingerprint density at radius 3 is 2.75 bits per heavy atom. The fourth-order valence-corrected chi connectivity index (χ4v) is 1.66. The third-order valence-electron chi connectivity index (χ3n) is 2.87. The van der Waals surface area contributed by atoms with Crippen LogP contribution in [0.4, 0.5) is 4.39 Å². The molecule has 2 rings (SSSR count). The van der Waals surface area contributed by atoms with Crippen LogP contribution < -0.4 is 10.5 Å². The Kier molecular flexibility index (Phi) is 4.28. The summed E-state index contributed by atoms with van der Waals surface area (Å²) in [5, 5.41) is 8.67. The maximum atomic E-state index is 13.7. The minimum atomic E-state index is -0.585. The number of rotatable bonds is 4. The number of pyridine rings is 1. The van der Waals surface area contributed by atoms with Crippen molar-refractivity contribution in [3.8, 4) is 17.6 Å². The van der Waals surface area contributed by atoms with E-state index in [0.717, 1.165) is 18.2 Å². The second kappa shape index (κ2) is 6.13. The summed E-state index contributed by atoms with van der Waals surface area (Å²) in [4.78, 5) is 4.18. The zero-order chi connectivity index (χ0) is 14.5. The lowest BCUT2D eigenvalue weighted by Crippen LogP contribution is -2.10. The molecule has 102 valence electrons. The van der Waals surface area contributed by atoms with Crippen molar-refractivity contribution in [2.24, 2.45) is 5.73 Å². The van der Waals surface area contributed by atoms with Gasteiger partial charge >= 0.3 is 0 Å². The molecule has 0 spiro atoms. The molecule has 0 saturated heterocycles. The Bertz CT molecular complexity index is 635. The molecular weight excluding hydrogens is 257 g/mol. The number of hydrogen-bond acceptors (Lipinski definition) is 4. The molecule has 1 heterocycles. The maximum absolute atomic E-state index is 13.7. The number of ether oxygens (including phenoxy) is 1. The van der Waals surface area contributed by atoms with Crippen LogP contribution in [-0.4, -0.2) is 4.98 Å². The van der Waals surface area contributed by atoms with Gasteiger partial charge < -0.3 is 10.5 Å². The Hall–Kier alpha value is -2.45. The van der Waals surface area contributed by atoms with Crippen molar-refractivity contribution in [3.05, 3.63) is 53.6 Å². The molecular formula is C15H14FN3O. The average Bonchev–Trinajstić information content (AvgIpc) is 2.49. The van der Waals surface area contributed by atoms with Crippen LogP contribution in [-0.2, 0) is 0 Å². The van der Waals surface area contributed by atoms with Crippen LogP contribution in [0.3, 0.4) is 0 Å². The fourth-order valence-electron chi connectivity index (χ4n) is 1.66. The minimum absolute atomic E-state index is 0.0540. The quantitative estimate of drug-likeness (QED) is 0.926. The molecule has 0 saturated carbocycles. The summed E-state index contributed by atoms with van der Waals surface area (Å²) in [7, 11) is 0. The smallest absolute Gasteiger partial charge is 0.167 e. The van der Waals surface area contributed by atoms with Gasteiger partial charge in [-0.25, -0.2) is 4.39 Å². The maximum Gasteiger partial charge on any atom is 0.167 e. The van der Waals surface area contributed by atoms with E-state index in [2.05, 4.69) is 4.98 Å². The van der Waals surface area contributed by atoms with Crippen LogP contribution in [0.1, 0.15) is 30.6 Å². The molecule has 1 unspecified atom stereocenters. The van der Waals surface area contributed by atoms with E-state index in [0.29, 0.717) is 5.75 Å². The monoisotopic (exact) mass is 271 g/mol. The van der Waals surface area contributed by atoms with Gasteiger partial charge in [0.25, 0.3) is 0 Å². The number of aromatic nitrogens is 1. The summed E-state index contributed by atoms with van der Waals surface area (Å²) >= 11 is 0. The molecule has 1 aromatic heterocycles. The van der Waals surface area contributed by atoms with E-state index in [1.807, 2.05) is 13.0 Å². The lowest BCUT2D eigenvalue weighted by molar-refractivity contribution is 0.439. The SMILES string of the molecule is CCC(N)c1ccc(Oc2ccc(C#N)cc2F)cn1. The van der Waals surface area contributed by atoms with Gasteiger partial charge in [0, 0.05) is 6.04 Å². The third kappa shape index (κ3) is 3.11. The van der Waals surface area contributed by atoms with Crippen molar-refractivity contribution >= 4 is 0 Å². The highest BCUT2D eigenvalue weighted by Crippen LogP contribution is 2.25. The molecule has 0 aliphatic heterocycles. The van der Waals surface area contributed by atoms with Gasteiger partial charge in [-0.15, -0.1) is 0 Å². The van der Waals surface area contributed by atoms with E-state index in [1.54, 1.807) is 12.1 Å². The predicted octanol–water partition coefficient (Wildman–Crippen LogP) is 3.29. The molecule has 0 bridgehead atoms. The molecule has 0 fully saturated rings. The number of benzene rings is 1. The van der Waals surface area contributed by atoms with Crippen molar-refractivity contribution in [2.45, 2.75) is 19.4 Å². The first-order valence-electron chi connectivity index (χ1n) is 6.23. The number of nitriles is 1. The van der Waals surface area contributed by atoms with E-state index in [9.17, 15) is 4.39 Å². The minimum Gasteiger partial charge on any atom is -0.453 e. The van der Waals surface area contributed by atoms with Gasteiger partial charge in [0.2, 0.25) is 0 Å². The summed E-state index contributed by atoms with van der Waals surface area (Å²) in [6.07, 6.45) is 2.29. The molecule has 20 heavy (non-hydrogen) atoms. The molecule has 2 N–H and O–H groups in total. The van der Waals surface area contributed by atoms with E-state index in [-0.39, 0.29) is 17.4 Å². The van der Waals surface area contributed by atoms with Crippen molar-refractivity contribution in [2.75, 3.05) is 0 Å². The van der Waals surface area contributed by atoms with Gasteiger partial charge in [0.05, 0.1) is 23.5 Å². The highest BCUT2D eigenvalue weighted by atomic mass is 19.1. The zero-order valence-electron chi connectivity index (χ0n) is 11.0. The predicted molar refractivity (Wildman–Crippen MR) is 72.6 cm³/mol. The van der Waals surface area contributed by atoms with E-state index < -0.39 is 5.82 Å². The molecule has 0 radical (unpaired) electrons. The molecule has 1 atom stereocenters. The highest BCUT2D eigenvalue weighted by Gasteiger charge is 2.08. The lowest BCUT2D eigenvalue weighted by Gasteiger charge is -2.10. The summed E-state index contributed by atoms with van der Waals surface area (Å²) in [5.74, 6) is -0.114.